The van der Waals surface area contributed by atoms with Gasteiger partial charge in [0.25, 0.3) is 0 Å². The largest absolute Gasteiger partial charge is 0.307 e. The Bertz CT molecular complexity index is 526. The van der Waals surface area contributed by atoms with Crippen molar-refractivity contribution in [3.8, 4) is 6.07 Å². The van der Waals surface area contributed by atoms with Gasteiger partial charge in [0.05, 0.1) is 12.5 Å². The Kier molecular flexibility index (Phi) is 4.23. The second kappa shape index (κ2) is 5.72. The molecular formula is C14H16BrN3O. The zero-order chi connectivity index (χ0) is 14.0. The first kappa shape index (κ1) is 14.0. The molecule has 100 valence electrons. The van der Waals surface area contributed by atoms with Gasteiger partial charge in [-0.15, -0.1) is 0 Å². The zero-order valence-electron chi connectivity index (χ0n) is 11.0. The Labute approximate surface area is 121 Å². The topological polar surface area (TPSA) is 47.3 Å². The van der Waals surface area contributed by atoms with Gasteiger partial charge in [-0.3, -0.25) is 9.69 Å². The summed E-state index contributed by atoms with van der Waals surface area (Å²) in [6, 6.07) is 9.55. The number of hydrogen-bond acceptors (Lipinski definition) is 3. The van der Waals surface area contributed by atoms with Crippen molar-refractivity contribution >= 4 is 27.5 Å². The number of halogens is 1. The molecule has 4 nitrogen and oxygen atoms in total. The van der Waals surface area contributed by atoms with Gasteiger partial charge in [-0.05, 0) is 32.2 Å². The third-order valence-corrected chi connectivity index (χ3v) is 3.91. The number of rotatable bonds is 2. The van der Waals surface area contributed by atoms with Crippen LogP contribution >= 0.6 is 15.9 Å². The van der Waals surface area contributed by atoms with Crippen LogP contribution in [-0.4, -0.2) is 36.5 Å². The molecule has 5 heteroatoms. The van der Waals surface area contributed by atoms with Crippen LogP contribution in [0.4, 0.5) is 5.69 Å². The predicted octanol–water partition coefficient (Wildman–Crippen LogP) is 2.40. The highest BCUT2D eigenvalue weighted by Crippen LogP contribution is 2.27. The number of likely N-dealkylation sites (N-methyl/N-ethyl adjacent to an activating group) is 1. The minimum Gasteiger partial charge on any atom is -0.307 e. The maximum absolute atomic E-state index is 12.6. The van der Waals surface area contributed by atoms with Crippen LogP contribution in [0.15, 0.2) is 28.7 Å². The van der Waals surface area contributed by atoms with Crippen molar-refractivity contribution < 1.29 is 4.79 Å². The molecule has 1 aliphatic rings. The molecule has 1 aliphatic heterocycles. The number of piperazine rings is 1. The highest BCUT2D eigenvalue weighted by Gasteiger charge is 2.37. The van der Waals surface area contributed by atoms with E-state index in [0.29, 0.717) is 0 Å². The SMILES string of the molecule is CC1CN(C)C(CC#N)C(=O)N1c1cccc(Br)c1. The number of benzene rings is 1. The predicted molar refractivity (Wildman–Crippen MR) is 77.7 cm³/mol. The summed E-state index contributed by atoms with van der Waals surface area (Å²) < 4.78 is 0.945. The average Bonchev–Trinajstić information content (AvgIpc) is 2.34. The van der Waals surface area contributed by atoms with Crippen molar-refractivity contribution in [2.24, 2.45) is 0 Å². The van der Waals surface area contributed by atoms with Crippen molar-refractivity contribution in [2.45, 2.75) is 25.4 Å². The van der Waals surface area contributed by atoms with E-state index < -0.39 is 0 Å². The fourth-order valence-electron chi connectivity index (χ4n) is 2.53. The molecule has 0 N–H and O–H groups in total. The lowest BCUT2D eigenvalue weighted by Gasteiger charge is -2.42. The number of carbonyl (C=O) groups is 1. The van der Waals surface area contributed by atoms with Crippen LogP contribution < -0.4 is 4.90 Å². The van der Waals surface area contributed by atoms with Crippen LogP contribution in [0.25, 0.3) is 0 Å². The first-order valence-corrected chi connectivity index (χ1v) is 6.99. The van der Waals surface area contributed by atoms with Crippen molar-refractivity contribution in [3.63, 3.8) is 0 Å². The molecule has 0 saturated carbocycles. The average molecular weight is 322 g/mol. The van der Waals surface area contributed by atoms with Crippen molar-refractivity contribution in [1.82, 2.24) is 4.90 Å². The highest BCUT2D eigenvalue weighted by molar-refractivity contribution is 9.10. The molecule has 0 radical (unpaired) electrons. The summed E-state index contributed by atoms with van der Waals surface area (Å²) >= 11 is 3.43. The van der Waals surface area contributed by atoms with Crippen LogP contribution in [0.5, 0.6) is 0 Å². The van der Waals surface area contributed by atoms with Crippen molar-refractivity contribution in [1.29, 1.82) is 5.26 Å². The van der Waals surface area contributed by atoms with Crippen LogP contribution in [-0.2, 0) is 4.79 Å². The van der Waals surface area contributed by atoms with Gasteiger partial charge in [-0.25, -0.2) is 0 Å². The van der Waals surface area contributed by atoms with Crippen molar-refractivity contribution in [2.75, 3.05) is 18.5 Å². The van der Waals surface area contributed by atoms with E-state index in [-0.39, 0.29) is 24.4 Å². The molecule has 0 aliphatic carbocycles. The molecule has 1 fully saturated rings. The minimum atomic E-state index is -0.347. The van der Waals surface area contributed by atoms with E-state index in [1.807, 2.05) is 43.1 Å². The molecule has 2 atom stereocenters. The van der Waals surface area contributed by atoms with Crippen LogP contribution in [0.3, 0.4) is 0 Å². The number of amides is 1. The quantitative estimate of drug-likeness (QED) is 0.840. The van der Waals surface area contributed by atoms with Crippen molar-refractivity contribution in [3.05, 3.63) is 28.7 Å². The molecule has 1 aromatic carbocycles. The fraction of sp³-hybridized carbons (Fsp3) is 0.429. The van der Waals surface area contributed by atoms with Gasteiger partial charge < -0.3 is 4.90 Å². The first-order valence-electron chi connectivity index (χ1n) is 6.20. The number of nitrogens with zero attached hydrogens (tertiary/aromatic N) is 3. The molecule has 1 amide bonds. The van der Waals surface area contributed by atoms with E-state index in [1.54, 1.807) is 4.90 Å². The monoisotopic (exact) mass is 321 g/mol. The number of anilines is 1. The van der Waals surface area contributed by atoms with Gasteiger partial charge >= 0.3 is 0 Å². The van der Waals surface area contributed by atoms with Gasteiger partial charge in [0.1, 0.15) is 6.04 Å². The van der Waals surface area contributed by atoms with Crippen LogP contribution in [0, 0.1) is 11.3 Å². The fourth-order valence-corrected chi connectivity index (χ4v) is 2.92. The third kappa shape index (κ3) is 2.80. The van der Waals surface area contributed by atoms with E-state index in [0.717, 1.165) is 16.7 Å². The molecule has 2 rings (SSSR count). The second-order valence-corrected chi connectivity index (χ2v) is 5.77. The molecule has 19 heavy (non-hydrogen) atoms. The van der Waals surface area contributed by atoms with Gasteiger partial charge in [-0.1, -0.05) is 22.0 Å². The third-order valence-electron chi connectivity index (χ3n) is 3.42. The standard InChI is InChI=1S/C14H16BrN3O/c1-10-9-17(2)13(6-7-16)14(19)18(10)12-5-3-4-11(15)8-12/h3-5,8,10,13H,6,9H2,1-2H3. The van der Waals surface area contributed by atoms with Crippen LogP contribution in [0.1, 0.15) is 13.3 Å². The summed E-state index contributed by atoms with van der Waals surface area (Å²) in [5, 5.41) is 8.87. The zero-order valence-corrected chi connectivity index (χ0v) is 12.6. The number of nitriles is 1. The summed E-state index contributed by atoms with van der Waals surface area (Å²) in [6.45, 7) is 2.79. The number of carbonyl (C=O) groups excluding carboxylic acids is 1. The summed E-state index contributed by atoms with van der Waals surface area (Å²) in [4.78, 5) is 16.3. The lowest BCUT2D eigenvalue weighted by atomic mass is 10.0. The summed E-state index contributed by atoms with van der Waals surface area (Å²) in [6.07, 6.45) is 0.229. The second-order valence-electron chi connectivity index (χ2n) is 4.85. The molecule has 1 heterocycles. The maximum atomic E-state index is 12.6. The van der Waals surface area contributed by atoms with Gasteiger partial charge in [0.2, 0.25) is 5.91 Å². The molecule has 2 unspecified atom stereocenters. The lowest BCUT2D eigenvalue weighted by molar-refractivity contribution is -0.126. The molecule has 1 aromatic rings. The summed E-state index contributed by atoms with van der Waals surface area (Å²) in [7, 11) is 1.90. The minimum absolute atomic E-state index is 0.000833. The maximum Gasteiger partial charge on any atom is 0.245 e. The van der Waals surface area contributed by atoms with E-state index in [9.17, 15) is 4.79 Å². The summed E-state index contributed by atoms with van der Waals surface area (Å²) in [5.74, 6) is 0.000833. The van der Waals surface area contributed by atoms with E-state index >= 15 is 0 Å². The Morgan fingerprint density at radius 3 is 2.89 bits per heavy atom. The number of hydrogen-bond donors (Lipinski definition) is 0. The molecule has 1 saturated heterocycles. The van der Waals surface area contributed by atoms with Gasteiger partial charge in [0.15, 0.2) is 0 Å². The van der Waals surface area contributed by atoms with E-state index in [2.05, 4.69) is 22.0 Å². The Balaban J connectivity index is 2.33. The lowest BCUT2D eigenvalue weighted by Crippen LogP contribution is -2.59. The van der Waals surface area contributed by atoms with Gasteiger partial charge in [-0.2, -0.15) is 5.26 Å². The Hall–Kier alpha value is -1.38. The molecule has 0 bridgehead atoms. The van der Waals surface area contributed by atoms with Gasteiger partial charge in [0, 0.05) is 22.7 Å². The molecular weight excluding hydrogens is 306 g/mol. The van der Waals surface area contributed by atoms with Crippen LogP contribution in [0.2, 0.25) is 0 Å². The first-order chi connectivity index (χ1) is 9.04. The Morgan fingerprint density at radius 2 is 2.26 bits per heavy atom. The van der Waals surface area contributed by atoms with E-state index in [1.165, 1.54) is 0 Å². The molecule has 0 aromatic heterocycles. The Morgan fingerprint density at radius 1 is 1.53 bits per heavy atom. The van der Waals surface area contributed by atoms with E-state index in [4.69, 9.17) is 5.26 Å². The normalized spacial score (nSPS) is 24.3. The molecule has 0 spiro atoms. The smallest absolute Gasteiger partial charge is 0.245 e. The highest BCUT2D eigenvalue weighted by atomic mass is 79.9. The summed E-state index contributed by atoms with van der Waals surface area (Å²) in [5.41, 5.74) is 0.878.